The van der Waals surface area contributed by atoms with Crippen LogP contribution < -0.4 is 0 Å². The van der Waals surface area contributed by atoms with Crippen molar-refractivity contribution in [3.05, 3.63) is 75.9 Å². The van der Waals surface area contributed by atoms with Crippen molar-refractivity contribution in [2.24, 2.45) is 0 Å². The summed E-state index contributed by atoms with van der Waals surface area (Å²) in [6.07, 6.45) is 18.9. The van der Waals surface area contributed by atoms with Gasteiger partial charge in [0.05, 0.1) is 0 Å². The van der Waals surface area contributed by atoms with Crippen LogP contribution in [0.4, 0.5) is 0 Å². The van der Waals surface area contributed by atoms with Gasteiger partial charge in [-0.05, 0) is 0 Å². The molecule has 0 heterocycles. The first-order valence-corrected chi connectivity index (χ1v) is 10.3. The second-order valence-corrected chi connectivity index (χ2v) is 9.82. The zero-order chi connectivity index (χ0) is 16.8. The second-order valence-electron chi connectivity index (χ2n) is 5.42. The third-order valence-electron chi connectivity index (χ3n) is 3.73. The van der Waals surface area contributed by atoms with Gasteiger partial charge < -0.3 is 0 Å². The van der Waals surface area contributed by atoms with Crippen molar-refractivity contribution in [2.45, 2.75) is 52.9 Å². The van der Waals surface area contributed by atoms with Crippen LogP contribution in [-0.4, -0.2) is 0 Å². The van der Waals surface area contributed by atoms with Crippen molar-refractivity contribution in [3.63, 3.8) is 0 Å². The summed E-state index contributed by atoms with van der Waals surface area (Å²) < 4.78 is 2.05. The average molecular weight is 337 g/mol. The molecule has 0 aromatic carbocycles. The Kier molecular flexibility index (Phi) is 13.0. The van der Waals surface area contributed by atoms with Gasteiger partial charge in [0.15, 0.2) is 0 Å². The van der Waals surface area contributed by atoms with Crippen LogP contribution in [0.3, 0.4) is 0 Å². The van der Waals surface area contributed by atoms with E-state index in [2.05, 4.69) is 75.9 Å². The van der Waals surface area contributed by atoms with E-state index < -0.39 is 14.1 Å². The molecule has 0 unspecified atom stereocenters. The van der Waals surface area contributed by atoms with Crippen LogP contribution in [0.15, 0.2) is 75.9 Å². The van der Waals surface area contributed by atoms with Crippen molar-refractivity contribution in [1.82, 2.24) is 0 Å². The number of hydrogen-bond acceptors (Lipinski definition) is 0. The Hall–Kier alpha value is -1.03. The number of hydrogen-bond donors (Lipinski definition) is 0. The number of rotatable bonds is 15. The van der Waals surface area contributed by atoms with Gasteiger partial charge in [-0.1, -0.05) is 0 Å². The first kappa shape index (κ1) is 21.0. The Bertz CT molecular complexity index is 279. The molecule has 0 aliphatic rings. The Morgan fingerprint density at radius 1 is 0.455 bits per heavy atom. The summed E-state index contributed by atoms with van der Waals surface area (Å²) in [7, 11) is 0. The van der Waals surface area contributed by atoms with Crippen LogP contribution >= 0.6 is 0 Å². The summed E-state index contributed by atoms with van der Waals surface area (Å²) in [5.41, 5.74) is 0. The fraction of sp³-hybridized carbons (Fsp3) is 0.429. The molecule has 0 fully saturated rings. The molecule has 0 atom stereocenters. The van der Waals surface area contributed by atoms with Gasteiger partial charge in [-0.3, -0.25) is 0 Å². The molecule has 0 spiro atoms. The van der Waals surface area contributed by atoms with E-state index in [-0.39, 0.29) is 0 Å². The Labute approximate surface area is 143 Å². The van der Waals surface area contributed by atoms with Crippen LogP contribution in [-0.2, 0) is 14.1 Å². The van der Waals surface area contributed by atoms with Gasteiger partial charge in [-0.25, -0.2) is 0 Å². The molecule has 0 aliphatic heterocycles. The average Bonchev–Trinajstić information content (AvgIpc) is 2.49. The maximum atomic E-state index is 3.97. The second kappa shape index (κ2) is 13.6. The molecule has 123 valence electrons. The molecule has 0 aliphatic carbocycles. The minimum atomic E-state index is -0.944. The molecule has 0 bridgehead atoms. The summed E-state index contributed by atoms with van der Waals surface area (Å²) in [4.78, 5) is 0. The van der Waals surface area contributed by atoms with Crippen LogP contribution in [0.25, 0.3) is 0 Å². The summed E-state index contributed by atoms with van der Waals surface area (Å²) in [5.74, 6) is 0. The molecule has 0 nitrogen and oxygen atoms in total. The predicted molar refractivity (Wildman–Crippen MR) is 100 cm³/mol. The van der Waals surface area contributed by atoms with Crippen LogP contribution in [0.5, 0.6) is 0 Å². The monoisotopic (exact) mass is 337 g/mol. The molecule has 0 rings (SSSR count). The standard InChI is InChI=1S/3C7H11.Cr/c3*1-3-5-7-6-4-2;/h3*3-4,7H,1-2,5-6H2;. The molecule has 0 aromatic rings. The maximum absolute atomic E-state index is 3.97. The molecule has 22 heavy (non-hydrogen) atoms. The van der Waals surface area contributed by atoms with Crippen LogP contribution in [0.1, 0.15) is 38.5 Å². The quantitative estimate of drug-likeness (QED) is 0.273. The van der Waals surface area contributed by atoms with Crippen LogP contribution in [0, 0.1) is 0 Å². The van der Waals surface area contributed by atoms with Gasteiger partial charge in [-0.2, -0.15) is 0 Å². The fourth-order valence-corrected chi connectivity index (χ4v) is 8.79. The predicted octanol–water partition coefficient (Wildman–Crippen LogP) is 7.43. The van der Waals surface area contributed by atoms with Gasteiger partial charge in [0.1, 0.15) is 0 Å². The van der Waals surface area contributed by atoms with E-state index in [1.165, 1.54) is 0 Å². The summed E-state index contributed by atoms with van der Waals surface area (Å²) in [6, 6.07) is 0. The van der Waals surface area contributed by atoms with E-state index in [9.17, 15) is 0 Å². The first-order chi connectivity index (χ1) is 10.7. The molecule has 0 saturated heterocycles. The number of allylic oxidation sites excluding steroid dienone is 6. The van der Waals surface area contributed by atoms with Gasteiger partial charge in [-0.15, -0.1) is 0 Å². The Morgan fingerprint density at radius 3 is 0.773 bits per heavy atom. The van der Waals surface area contributed by atoms with E-state index in [0.717, 1.165) is 38.5 Å². The van der Waals surface area contributed by atoms with E-state index in [1.54, 1.807) is 0 Å². The molecule has 0 radical (unpaired) electrons. The zero-order valence-electron chi connectivity index (χ0n) is 14.1. The van der Waals surface area contributed by atoms with E-state index in [4.69, 9.17) is 0 Å². The summed E-state index contributed by atoms with van der Waals surface area (Å²) >= 11 is -0.944. The van der Waals surface area contributed by atoms with Crippen molar-refractivity contribution in [2.75, 3.05) is 0 Å². The normalized spacial score (nSPS) is 10.9. The zero-order valence-corrected chi connectivity index (χ0v) is 15.4. The van der Waals surface area contributed by atoms with Crippen molar-refractivity contribution < 1.29 is 14.1 Å². The molecule has 0 aromatic heterocycles. The summed E-state index contributed by atoms with van der Waals surface area (Å²) in [6.45, 7) is 23.8. The molecular formula is C21H33Cr. The van der Waals surface area contributed by atoms with E-state index in [1.807, 2.05) is 0 Å². The molecule has 1 heteroatoms. The van der Waals surface area contributed by atoms with Gasteiger partial charge >= 0.3 is 143 Å². The molecule has 0 saturated carbocycles. The van der Waals surface area contributed by atoms with Crippen molar-refractivity contribution >= 4 is 0 Å². The third kappa shape index (κ3) is 7.30. The Morgan fingerprint density at radius 2 is 0.636 bits per heavy atom. The van der Waals surface area contributed by atoms with Crippen molar-refractivity contribution in [3.8, 4) is 0 Å². The van der Waals surface area contributed by atoms with Gasteiger partial charge in [0, 0.05) is 0 Å². The fourth-order valence-electron chi connectivity index (χ4n) is 2.89. The van der Waals surface area contributed by atoms with Crippen LogP contribution in [0.2, 0.25) is 14.3 Å². The molecular weight excluding hydrogens is 304 g/mol. The third-order valence-corrected chi connectivity index (χ3v) is 9.14. The van der Waals surface area contributed by atoms with E-state index >= 15 is 0 Å². The van der Waals surface area contributed by atoms with E-state index in [0.29, 0.717) is 14.3 Å². The SMILES string of the molecule is C=CC[CH](CC=C)[Cr]([CH](CC=C)CC=C)[CH](CC=C)CC=C. The van der Waals surface area contributed by atoms with Gasteiger partial charge in [0.2, 0.25) is 0 Å². The minimum absolute atomic E-state index is 0.685. The van der Waals surface area contributed by atoms with Crippen molar-refractivity contribution in [1.29, 1.82) is 0 Å². The Balaban J connectivity index is 5.61. The molecule has 0 amide bonds. The topological polar surface area (TPSA) is 0 Å². The molecule has 0 N–H and O–H groups in total. The van der Waals surface area contributed by atoms with Gasteiger partial charge in [0.25, 0.3) is 0 Å². The summed E-state index contributed by atoms with van der Waals surface area (Å²) in [5, 5.41) is 0. The first-order valence-electron chi connectivity index (χ1n) is 8.06.